The molecule has 1 rings (SSSR count). The number of nitrogens with one attached hydrogen (secondary N) is 1. The minimum Gasteiger partial charge on any atom is -0.314 e. The van der Waals surface area contributed by atoms with Crippen LogP contribution in [0.25, 0.3) is 0 Å². The average molecular weight is 226 g/mol. The number of hydrogen-bond donors (Lipinski definition) is 1. The molecule has 0 aromatic rings. The lowest BCUT2D eigenvalue weighted by Gasteiger charge is -2.30. The first kappa shape index (κ1) is 14.0. The maximum Gasteiger partial charge on any atom is 0.0107 e. The number of hydrogen-bond acceptors (Lipinski definition) is 2. The van der Waals surface area contributed by atoms with E-state index in [1.54, 1.807) is 0 Å². The van der Waals surface area contributed by atoms with Crippen LogP contribution < -0.4 is 5.32 Å². The maximum absolute atomic E-state index is 3.41. The lowest BCUT2D eigenvalue weighted by molar-refractivity contribution is 0.202. The first-order valence-corrected chi connectivity index (χ1v) is 7.19. The summed E-state index contributed by atoms with van der Waals surface area (Å²) >= 11 is 0. The summed E-state index contributed by atoms with van der Waals surface area (Å²) in [5, 5.41) is 3.41. The van der Waals surface area contributed by atoms with Crippen molar-refractivity contribution in [3.63, 3.8) is 0 Å². The molecule has 96 valence electrons. The average Bonchev–Trinajstić information content (AvgIpc) is 2.31. The van der Waals surface area contributed by atoms with Gasteiger partial charge in [0.05, 0.1) is 0 Å². The van der Waals surface area contributed by atoms with E-state index < -0.39 is 0 Å². The van der Waals surface area contributed by atoms with Gasteiger partial charge in [-0.2, -0.15) is 0 Å². The van der Waals surface area contributed by atoms with Crippen LogP contribution in [0.3, 0.4) is 0 Å². The lowest BCUT2D eigenvalue weighted by atomic mass is 9.93. The Labute approximate surface area is 102 Å². The van der Waals surface area contributed by atoms with E-state index in [0.717, 1.165) is 11.8 Å². The Balaban J connectivity index is 2.11. The summed E-state index contributed by atoms with van der Waals surface area (Å²) in [6.45, 7) is 13.2. The van der Waals surface area contributed by atoms with Gasteiger partial charge in [-0.25, -0.2) is 0 Å². The van der Waals surface area contributed by atoms with Crippen molar-refractivity contribution in [1.29, 1.82) is 0 Å². The van der Waals surface area contributed by atoms with Gasteiger partial charge in [0.15, 0.2) is 0 Å². The molecule has 1 aliphatic heterocycles. The maximum atomic E-state index is 3.41. The highest BCUT2D eigenvalue weighted by molar-refractivity contribution is 4.70. The normalized spacial score (nSPS) is 20.2. The van der Waals surface area contributed by atoms with Gasteiger partial charge < -0.3 is 10.2 Å². The largest absolute Gasteiger partial charge is 0.314 e. The molecule has 1 saturated heterocycles. The molecule has 0 radical (unpaired) electrons. The Morgan fingerprint density at radius 1 is 1.06 bits per heavy atom. The van der Waals surface area contributed by atoms with Crippen molar-refractivity contribution in [3.05, 3.63) is 0 Å². The van der Waals surface area contributed by atoms with Crippen LogP contribution in [0.2, 0.25) is 0 Å². The van der Waals surface area contributed by atoms with Crippen molar-refractivity contribution >= 4 is 0 Å². The second-order valence-electron chi connectivity index (χ2n) is 5.42. The van der Waals surface area contributed by atoms with Crippen LogP contribution in [-0.4, -0.2) is 37.6 Å². The van der Waals surface area contributed by atoms with Gasteiger partial charge in [-0.3, -0.25) is 0 Å². The Morgan fingerprint density at radius 3 is 2.25 bits per heavy atom. The fraction of sp³-hybridized carbons (Fsp3) is 1.00. The molecular formula is C14H30N2. The molecule has 0 aromatic carbocycles. The second-order valence-corrected chi connectivity index (χ2v) is 5.42. The van der Waals surface area contributed by atoms with Crippen LogP contribution in [0.4, 0.5) is 0 Å². The molecule has 1 atom stereocenters. The molecule has 0 spiro atoms. The molecule has 2 heteroatoms. The third-order valence-electron chi connectivity index (χ3n) is 4.00. The Morgan fingerprint density at radius 2 is 1.69 bits per heavy atom. The molecule has 0 aliphatic carbocycles. The van der Waals surface area contributed by atoms with Crippen LogP contribution in [-0.2, 0) is 0 Å². The topological polar surface area (TPSA) is 15.3 Å². The van der Waals surface area contributed by atoms with Gasteiger partial charge in [-0.05, 0) is 18.3 Å². The highest BCUT2D eigenvalue weighted by Crippen LogP contribution is 2.19. The van der Waals surface area contributed by atoms with Crippen molar-refractivity contribution in [3.8, 4) is 0 Å². The summed E-state index contributed by atoms with van der Waals surface area (Å²) in [6, 6.07) is 0. The van der Waals surface area contributed by atoms with Crippen LogP contribution in [0.1, 0.15) is 46.5 Å². The fourth-order valence-corrected chi connectivity index (χ4v) is 2.64. The van der Waals surface area contributed by atoms with Crippen molar-refractivity contribution in [2.24, 2.45) is 11.8 Å². The zero-order valence-electron chi connectivity index (χ0n) is 11.5. The zero-order chi connectivity index (χ0) is 11.8. The summed E-state index contributed by atoms with van der Waals surface area (Å²) in [7, 11) is 0. The van der Waals surface area contributed by atoms with Gasteiger partial charge >= 0.3 is 0 Å². The van der Waals surface area contributed by atoms with E-state index in [2.05, 4.69) is 31.0 Å². The summed E-state index contributed by atoms with van der Waals surface area (Å²) < 4.78 is 0. The summed E-state index contributed by atoms with van der Waals surface area (Å²) in [5.74, 6) is 1.84. The molecule has 0 unspecified atom stereocenters. The van der Waals surface area contributed by atoms with E-state index in [0.29, 0.717) is 0 Å². The standard InChI is InChI=1S/C14H30N2/c1-4-14(5-2)7-6-13(3)12-16-10-8-15-9-11-16/h13-15H,4-12H2,1-3H3/t13-/m1/s1. The Hall–Kier alpha value is -0.0800. The Kier molecular flexibility index (Phi) is 7.06. The number of piperazine rings is 1. The van der Waals surface area contributed by atoms with Gasteiger partial charge in [0.25, 0.3) is 0 Å². The van der Waals surface area contributed by atoms with Gasteiger partial charge in [0.2, 0.25) is 0 Å². The molecular weight excluding hydrogens is 196 g/mol. The zero-order valence-corrected chi connectivity index (χ0v) is 11.5. The minimum absolute atomic E-state index is 0.874. The lowest BCUT2D eigenvalue weighted by Crippen LogP contribution is -2.45. The summed E-state index contributed by atoms with van der Waals surface area (Å²) in [6.07, 6.45) is 5.56. The summed E-state index contributed by atoms with van der Waals surface area (Å²) in [4.78, 5) is 2.62. The van der Waals surface area contributed by atoms with Gasteiger partial charge in [-0.1, -0.05) is 40.0 Å². The molecule has 1 N–H and O–H groups in total. The molecule has 1 heterocycles. The molecule has 1 fully saturated rings. The highest BCUT2D eigenvalue weighted by atomic mass is 15.2. The van der Waals surface area contributed by atoms with Gasteiger partial charge in [0.1, 0.15) is 0 Å². The third-order valence-corrected chi connectivity index (χ3v) is 4.00. The fourth-order valence-electron chi connectivity index (χ4n) is 2.64. The number of nitrogens with zero attached hydrogens (tertiary/aromatic N) is 1. The van der Waals surface area contributed by atoms with Crippen molar-refractivity contribution in [2.45, 2.75) is 46.5 Å². The molecule has 0 amide bonds. The monoisotopic (exact) mass is 226 g/mol. The van der Waals surface area contributed by atoms with E-state index in [4.69, 9.17) is 0 Å². The molecule has 0 bridgehead atoms. The van der Waals surface area contributed by atoms with Gasteiger partial charge in [0, 0.05) is 32.7 Å². The van der Waals surface area contributed by atoms with Crippen LogP contribution in [0, 0.1) is 11.8 Å². The Bertz CT molecular complexity index is 160. The van der Waals surface area contributed by atoms with Crippen molar-refractivity contribution < 1.29 is 0 Å². The molecule has 1 aliphatic rings. The summed E-state index contributed by atoms with van der Waals surface area (Å²) in [5.41, 5.74) is 0. The van der Waals surface area contributed by atoms with E-state index >= 15 is 0 Å². The van der Waals surface area contributed by atoms with Crippen LogP contribution >= 0.6 is 0 Å². The van der Waals surface area contributed by atoms with Crippen LogP contribution in [0.15, 0.2) is 0 Å². The first-order valence-electron chi connectivity index (χ1n) is 7.19. The van der Waals surface area contributed by atoms with E-state index in [1.807, 2.05) is 0 Å². The SMILES string of the molecule is CCC(CC)CC[C@@H](C)CN1CCNCC1. The smallest absolute Gasteiger partial charge is 0.0107 e. The number of rotatable bonds is 7. The predicted molar refractivity (Wildman–Crippen MR) is 71.8 cm³/mol. The third kappa shape index (κ3) is 5.31. The predicted octanol–water partition coefficient (Wildman–Crippen LogP) is 2.74. The quantitative estimate of drug-likeness (QED) is 0.718. The van der Waals surface area contributed by atoms with Gasteiger partial charge in [-0.15, -0.1) is 0 Å². The molecule has 0 saturated carbocycles. The van der Waals surface area contributed by atoms with E-state index in [1.165, 1.54) is 58.4 Å². The second kappa shape index (κ2) is 8.08. The molecule has 16 heavy (non-hydrogen) atoms. The van der Waals surface area contributed by atoms with E-state index in [9.17, 15) is 0 Å². The van der Waals surface area contributed by atoms with Crippen molar-refractivity contribution in [1.82, 2.24) is 10.2 Å². The highest BCUT2D eigenvalue weighted by Gasteiger charge is 2.14. The minimum atomic E-state index is 0.874. The first-order chi connectivity index (χ1) is 7.76. The molecule has 2 nitrogen and oxygen atoms in total. The van der Waals surface area contributed by atoms with Crippen molar-refractivity contribution in [2.75, 3.05) is 32.7 Å². The van der Waals surface area contributed by atoms with Crippen LogP contribution in [0.5, 0.6) is 0 Å². The van der Waals surface area contributed by atoms with E-state index in [-0.39, 0.29) is 0 Å². The molecule has 0 aromatic heterocycles.